The van der Waals surface area contributed by atoms with Gasteiger partial charge in [-0.15, -0.1) is 11.8 Å². The molecule has 70 valence electrons. The molecule has 0 aliphatic rings. The van der Waals surface area contributed by atoms with Crippen LogP contribution in [0.25, 0.3) is 0 Å². The largest absolute Gasteiger partial charge is 0.480 e. The van der Waals surface area contributed by atoms with E-state index in [2.05, 4.69) is 0 Å². The van der Waals surface area contributed by atoms with Crippen molar-refractivity contribution in [2.24, 2.45) is 0 Å². The van der Waals surface area contributed by atoms with Crippen LogP contribution in [0.15, 0.2) is 24.3 Å². The van der Waals surface area contributed by atoms with Gasteiger partial charge in [0, 0.05) is 5.02 Å². The van der Waals surface area contributed by atoms with Crippen LogP contribution in [0.3, 0.4) is 0 Å². The molecular weight excluding hydrogens is 208 g/mol. The number of benzene rings is 1. The second-order valence-corrected chi connectivity index (χ2v) is 3.89. The van der Waals surface area contributed by atoms with Crippen molar-refractivity contribution in [1.82, 2.24) is 0 Å². The minimum absolute atomic E-state index is 0.529. The third-order valence-electron chi connectivity index (χ3n) is 1.61. The highest BCUT2D eigenvalue weighted by Crippen LogP contribution is 2.28. The van der Waals surface area contributed by atoms with Gasteiger partial charge in [0.1, 0.15) is 5.25 Å². The molecule has 1 N–H and O–H groups in total. The van der Waals surface area contributed by atoms with Gasteiger partial charge in [-0.3, -0.25) is 4.79 Å². The van der Waals surface area contributed by atoms with E-state index in [1.54, 1.807) is 30.5 Å². The normalized spacial score (nSPS) is 12.5. The summed E-state index contributed by atoms with van der Waals surface area (Å²) < 4.78 is 0. The van der Waals surface area contributed by atoms with E-state index >= 15 is 0 Å². The second kappa shape index (κ2) is 4.53. The number of hydrogen-bond donors (Lipinski definition) is 1. The number of aliphatic carboxylic acids is 1. The van der Waals surface area contributed by atoms with Crippen LogP contribution in [-0.4, -0.2) is 17.3 Å². The summed E-state index contributed by atoms with van der Waals surface area (Å²) in [6.45, 7) is 0. The molecule has 1 aromatic carbocycles. The average molecular weight is 217 g/mol. The average Bonchev–Trinajstić information content (AvgIpc) is 2.04. The molecule has 13 heavy (non-hydrogen) atoms. The van der Waals surface area contributed by atoms with Crippen molar-refractivity contribution < 1.29 is 9.90 Å². The highest BCUT2D eigenvalue weighted by molar-refractivity contribution is 7.99. The lowest BCUT2D eigenvalue weighted by Gasteiger charge is -2.09. The lowest BCUT2D eigenvalue weighted by Crippen LogP contribution is -2.07. The molecule has 0 saturated heterocycles. The van der Waals surface area contributed by atoms with E-state index in [9.17, 15) is 4.79 Å². The number of carboxylic acids is 1. The number of carbonyl (C=O) groups is 1. The zero-order valence-electron chi connectivity index (χ0n) is 7.03. The fourth-order valence-electron chi connectivity index (χ4n) is 1.05. The van der Waals surface area contributed by atoms with Crippen LogP contribution in [0.4, 0.5) is 0 Å². The van der Waals surface area contributed by atoms with Gasteiger partial charge >= 0.3 is 5.97 Å². The maximum atomic E-state index is 10.8. The second-order valence-electron chi connectivity index (χ2n) is 2.51. The summed E-state index contributed by atoms with van der Waals surface area (Å²) in [6, 6.07) is 6.92. The van der Waals surface area contributed by atoms with Crippen LogP contribution in [-0.2, 0) is 4.79 Å². The van der Waals surface area contributed by atoms with E-state index in [-0.39, 0.29) is 0 Å². The van der Waals surface area contributed by atoms with Crippen molar-refractivity contribution in [1.29, 1.82) is 0 Å². The molecule has 0 spiro atoms. The molecule has 2 nitrogen and oxygen atoms in total. The molecule has 0 aromatic heterocycles. The van der Waals surface area contributed by atoms with E-state index in [4.69, 9.17) is 16.7 Å². The van der Waals surface area contributed by atoms with Gasteiger partial charge < -0.3 is 5.11 Å². The summed E-state index contributed by atoms with van der Waals surface area (Å²) in [5.41, 5.74) is 0.729. The SMILES string of the molecule is CSC(C(=O)O)c1cccc(Cl)c1. The Balaban J connectivity index is 2.98. The summed E-state index contributed by atoms with van der Waals surface area (Å²) in [5.74, 6) is -0.838. The van der Waals surface area contributed by atoms with Gasteiger partial charge in [0.15, 0.2) is 0 Å². The first-order chi connectivity index (χ1) is 6.15. The van der Waals surface area contributed by atoms with Crippen LogP contribution in [0.5, 0.6) is 0 Å². The minimum atomic E-state index is -0.838. The smallest absolute Gasteiger partial charge is 0.321 e. The molecule has 1 rings (SSSR count). The number of hydrogen-bond acceptors (Lipinski definition) is 2. The third kappa shape index (κ3) is 2.64. The van der Waals surface area contributed by atoms with Gasteiger partial charge in [-0.05, 0) is 24.0 Å². The van der Waals surface area contributed by atoms with E-state index in [1.165, 1.54) is 11.8 Å². The Kier molecular flexibility index (Phi) is 3.63. The number of thioether (sulfide) groups is 1. The Morgan fingerprint density at radius 2 is 2.31 bits per heavy atom. The molecular formula is C9H9ClO2S. The maximum absolute atomic E-state index is 10.8. The van der Waals surface area contributed by atoms with Crippen molar-refractivity contribution in [3.05, 3.63) is 34.9 Å². The number of rotatable bonds is 3. The summed E-state index contributed by atoms with van der Waals surface area (Å²) >= 11 is 7.03. The lowest BCUT2D eigenvalue weighted by atomic mass is 10.1. The Morgan fingerprint density at radius 3 is 2.77 bits per heavy atom. The molecule has 0 amide bonds. The lowest BCUT2D eigenvalue weighted by molar-refractivity contribution is -0.136. The van der Waals surface area contributed by atoms with Crippen LogP contribution in [0.2, 0.25) is 5.02 Å². The van der Waals surface area contributed by atoms with Gasteiger partial charge in [0.2, 0.25) is 0 Å². The highest BCUT2D eigenvalue weighted by atomic mass is 35.5. The fraction of sp³-hybridized carbons (Fsp3) is 0.222. The Morgan fingerprint density at radius 1 is 1.62 bits per heavy atom. The predicted molar refractivity (Wildman–Crippen MR) is 55.3 cm³/mol. The van der Waals surface area contributed by atoms with Crippen molar-refractivity contribution in [3.8, 4) is 0 Å². The van der Waals surface area contributed by atoms with Crippen molar-refractivity contribution >= 4 is 29.3 Å². The number of carboxylic acid groups (broad SMARTS) is 1. The Labute approximate surface area is 85.9 Å². The Hall–Kier alpha value is -0.670. The Bertz CT molecular complexity index is 314. The molecule has 0 heterocycles. The van der Waals surface area contributed by atoms with Gasteiger partial charge in [-0.25, -0.2) is 0 Å². The summed E-state index contributed by atoms with van der Waals surface area (Å²) in [5, 5.41) is 8.89. The zero-order chi connectivity index (χ0) is 9.84. The standard InChI is InChI=1S/C9H9ClO2S/c1-13-8(9(11)12)6-3-2-4-7(10)5-6/h2-5,8H,1H3,(H,11,12). The molecule has 4 heteroatoms. The maximum Gasteiger partial charge on any atom is 0.321 e. The van der Waals surface area contributed by atoms with Crippen LogP contribution >= 0.6 is 23.4 Å². The molecule has 0 fully saturated rings. The quantitative estimate of drug-likeness (QED) is 0.844. The minimum Gasteiger partial charge on any atom is -0.480 e. The monoisotopic (exact) mass is 216 g/mol. The molecule has 0 radical (unpaired) electrons. The van der Waals surface area contributed by atoms with Crippen molar-refractivity contribution in [2.45, 2.75) is 5.25 Å². The summed E-state index contributed by atoms with van der Waals surface area (Å²) in [6.07, 6.45) is 1.76. The molecule has 0 aliphatic heterocycles. The molecule has 1 atom stereocenters. The van der Waals surface area contributed by atoms with Gasteiger partial charge in [0.05, 0.1) is 0 Å². The fourth-order valence-corrected chi connectivity index (χ4v) is 1.87. The van der Waals surface area contributed by atoms with Crippen LogP contribution in [0, 0.1) is 0 Å². The van der Waals surface area contributed by atoms with Crippen LogP contribution in [0.1, 0.15) is 10.8 Å². The molecule has 0 saturated carbocycles. The third-order valence-corrected chi connectivity index (χ3v) is 2.79. The van der Waals surface area contributed by atoms with E-state index in [1.807, 2.05) is 0 Å². The first-order valence-electron chi connectivity index (χ1n) is 3.66. The van der Waals surface area contributed by atoms with Crippen molar-refractivity contribution in [3.63, 3.8) is 0 Å². The van der Waals surface area contributed by atoms with Gasteiger partial charge in [-0.2, -0.15) is 0 Å². The number of halogens is 1. The topological polar surface area (TPSA) is 37.3 Å². The highest BCUT2D eigenvalue weighted by Gasteiger charge is 2.17. The van der Waals surface area contributed by atoms with E-state index in [0.717, 1.165) is 5.56 Å². The van der Waals surface area contributed by atoms with Gasteiger partial charge in [-0.1, -0.05) is 23.7 Å². The summed E-state index contributed by atoms with van der Waals surface area (Å²) in [4.78, 5) is 10.8. The first kappa shape index (κ1) is 10.4. The molecule has 1 unspecified atom stereocenters. The molecule has 0 aliphatic carbocycles. The zero-order valence-corrected chi connectivity index (χ0v) is 8.60. The molecule has 0 bridgehead atoms. The first-order valence-corrected chi connectivity index (χ1v) is 5.33. The van der Waals surface area contributed by atoms with E-state index < -0.39 is 11.2 Å². The summed E-state index contributed by atoms with van der Waals surface area (Å²) in [7, 11) is 0. The van der Waals surface area contributed by atoms with Crippen molar-refractivity contribution in [2.75, 3.05) is 6.26 Å². The predicted octanol–water partition coefficient (Wildman–Crippen LogP) is 2.83. The van der Waals surface area contributed by atoms with E-state index in [0.29, 0.717) is 5.02 Å². The van der Waals surface area contributed by atoms with Gasteiger partial charge in [0.25, 0.3) is 0 Å². The van der Waals surface area contributed by atoms with Crippen LogP contribution < -0.4 is 0 Å². The molecule has 1 aromatic rings.